The van der Waals surface area contributed by atoms with E-state index in [1.165, 1.54) is 53.0 Å². The summed E-state index contributed by atoms with van der Waals surface area (Å²) in [6.45, 7) is 12.0. The molecule has 0 fully saturated rings. The van der Waals surface area contributed by atoms with Gasteiger partial charge in [-0.1, -0.05) is 45.9 Å². The molecule has 0 aromatic heterocycles. The molecule has 0 unspecified atom stereocenters. The minimum absolute atomic E-state index is 0.0419. The minimum atomic E-state index is -2.12. The minimum Gasteiger partial charge on any atom is -0.507 e. The highest BCUT2D eigenvalue weighted by atomic mass is 16.7. The number of fused-ring (bicyclic) bond motifs is 14. The number of aliphatic hydroxyl groups excluding tert-OH is 3. The van der Waals surface area contributed by atoms with E-state index in [9.17, 15) is 44.4 Å². The lowest BCUT2D eigenvalue weighted by molar-refractivity contribution is -0.160. The Morgan fingerprint density at radius 2 is 1.55 bits per heavy atom. The molecule has 0 spiro atoms. The second-order valence-corrected chi connectivity index (χ2v) is 13.5. The first kappa shape index (κ1) is 39.0. The number of benzene rings is 1. The maximum absolute atomic E-state index is 13.9. The fraction of sp³-hybridized carbons (Fsp3) is 0.486. The maximum atomic E-state index is 13.9. The number of phenols is 1. The van der Waals surface area contributed by atoms with E-state index >= 15 is 0 Å². The average molecular weight is 712 g/mol. The molecule has 1 aromatic rings. The summed E-state index contributed by atoms with van der Waals surface area (Å²) in [5.41, 5.74) is -2.34. The first-order chi connectivity index (χ1) is 23.8. The molecule has 0 saturated heterocycles. The van der Waals surface area contributed by atoms with E-state index in [0.717, 1.165) is 6.26 Å². The molecule has 4 aliphatic rings. The highest BCUT2D eigenvalue weighted by Crippen LogP contribution is 2.49. The molecule has 5 rings (SSSR count). The first-order valence-corrected chi connectivity index (χ1v) is 16.5. The van der Waals surface area contributed by atoms with Crippen molar-refractivity contribution in [2.75, 3.05) is 7.11 Å². The van der Waals surface area contributed by atoms with Crippen LogP contribution in [-0.4, -0.2) is 87.0 Å². The molecule has 5 N–H and O–H groups in total. The molecule has 14 heteroatoms. The number of ether oxygens (including phenoxy) is 4. The summed E-state index contributed by atoms with van der Waals surface area (Å²) in [6, 6.07) is 0. The molecule has 3 heterocycles. The number of rotatable bonds is 2. The van der Waals surface area contributed by atoms with Gasteiger partial charge in [-0.15, -0.1) is 0 Å². The summed E-state index contributed by atoms with van der Waals surface area (Å²) in [7, 11) is 1.40. The van der Waals surface area contributed by atoms with Crippen LogP contribution < -0.4 is 10.1 Å². The van der Waals surface area contributed by atoms with Crippen molar-refractivity contribution in [2.24, 2.45) is 23.7 Å². The van der Waals surface area contributed by atoms with Gasteiger partial charge in [0.15, 0.2) is 5.76 Å². The van der Waals surface area contributed by atoms with Gasteiger partial charge in [0.1, 0.15) is 23.3 Å². The summed E-state index contributed by atoms with van der Waals surface area (Å²) in [6.07, 6.45) is 3.05. The number of aromatic hydroxyl groups is 1. The Kier molecular flexibility index (Phi) is 11.3. The molecular weight excluding hydrogens is 666 g/mol. The van der Waals surface area contributed by atoms with Crippen LogP contribution in [0.3, 0.4) is 0 Å². The number of ketones is 3. The van der Waals surface area contributed by atoms with Crippen LogP contribution in [0, 0.1) is 30.6 Å². The predicted molar refractivity (Wildman–Crippen MR) is 181 cm³/mol. The molecule has 9 atom stereocenters. The van der Waals surface area contributed by atoms with E-state index in [4.69, 9.17) is 18.9 Å². The second-order valence-electron chi connectivity index (χ2n) is 13.5. The Bertz CT molecular complexity index is 1770. The Morgan fingerprint density at radius 3 is 2.16 bits per heavy atom. The Hall–Kier alpha value is -4.79. The first-order valence-electron chi connectivity index (χ1n) is 16.5. The fourth-order valence-corrected chi connectivity index (χ4v) is 6.68. The number of hydrogen-bond acceptors (Lipinski definition) is 13. The normalized spacial score (nSPS) is 34.2. The van der Waals surface area contributed by atoms with Crippen molar-refractivity contribution in [3.63, 3.8) is 0 Å². The zero-order valence-corrected chi connectivity index (χ0v) is 30.0. The molecule has 5 bridgehead atoms. The number of methoxy groups -OCH3 is 1. The number of carbonyl (C=O) groups excluding carboxylic acids is 5. The van der Waals surface area contributed by atoms with Gasteiger partial charge in [-0.3, -0.25) is 24.0 Å². The van der Waals surface area contributed by atoms with Gasteiger partial charge in [0.25, 0.3) is 17.5 Å². The van der Waals surface area contributed by atoms with E-state index in [-0.39, 0.29) is 16.9 Å². The third-order valence-electron chi connectivity index (χ3n) is 9.93. The van der Waals surface area contributed by atoms with Crippen LogP contribution in [0.1, 0.15) is 80.3 Å². The van der Waals surface area contributed by atoms with Crippen molar-refractivity contribution >= 4 is 35.0 Å². The highest BCUT2D eigenvalue weighted by Gasteiger charge is 2.53. The standard InChI is InChI=1S/C37H45NO13/c1-15-11-10-12-16(2)36(47)38-26-30(43)24-23(31(44)32(26)45)25-34(20(6)29(24)42)51-37(8,35(25)46)49-14-13-22(48-9)17(3)33(50-21(7)39)19(5)28(41)18(4)27(15)40/h10-15,17-19,22,27-28,33,40-43H,1-9H3,(H,38,47)/b11-10-,14-13+,16-12+/t15-,17+,18+,19+,22-,27-,28+,33+,37-/m0/s1. The van der Waals surface area contributed by atoms with Crippen LogP contribution in [0.2, 0.25) is 0 Å². The molecule has 51 heavy (non-hydrogen) atoms. The number of nitrogens with one attached hydrogen (secondary N) is 1. The van der Waals surface area contributed by atoms with Crippen molar-refractivity contribution in [3.05, 3.63) is 64.1 Å². The molecule has 1 aromatic carbocycles. The Morgan fingerprint density at radius 1 is 0.902 bits per heavy atom. The molecule has 3 aliphatic heterocycles. The van der Waals surface area contributed by atoms with Crippen molar-refractivity contribution in [1.29, 1.82) is 0 Å². The highest BCUT2D eigenvalue weighted by molar-refractivity contribution is 6.53. The molecule has 0 radical (unpaired) electrons. The summed E-state index contributed by atoms with van der Waals surface area (Å²) >= 11 is 0. The molecular formula is C37H45NO13. The van der Waals surface area contributed by atoms with Crippen LogP contribution in [-0.2, 0) is 28.6 Å². The van der Waals surface area contributed by atoms with Gasteiger partial charge >= 0.3 is 11.8 Å². The number of carbonyl (C=O) groups is 5. The fourth-order valence-electron chi connectivity index (χ4n) is 6.68. The number of allylic oxidation sites excluding steroid dienone is 3. The molecule has 0 saturated carbocycles. The molecule has 1 amide bonds. The van der Waals surface area contributed by atoms with Crippen LogP contribution in [0.25, 0.3) is 5.76 Å². The lowest BCUT2D eigenvalue weighted by atomic mass is 9.78. The molecule has 14 nitrogen and oxygen atoms in total. The SMILES string of the molecule is CO[C@H]1/C=C/O[C@@]2(C)Oc3c(C)c(O)c4c(c3C2=O)C(=O)C(=O)C(=C4O)NC(=O)/C(C)=C/C=C\[C@H](C)[C@H](O)[C@@H](C)[C@@H](O)[C@@H](C)[C@H](OC(C)=O)[C@@H]1C. The summed E-state index contributed by atoms with van der Waals surface area (Å²) in [5.74, 6) is -11.5. The van der Waals surface area contributed by atoms with E-state index < -0.39 is 117 Å². The average Bonchev–Trinajstić information content (AvgIpc) is 3.35. The molecule has 1 aliphatic carbocycles. The number of hydrogen-bond donors (Lipinski definition) is 5. The largest absolute Gasteiger partial charge is 0.507 e. The van der Waals surface area contributed by atoms with Gasteiger partial charge in [0, 0.05) is 55.8 Å². The van der Waals surface area contributed by atoms with E-state index in [2.05, 4.69) is 5.32 Å². The summed E-state index contributed by atoms with van der Waals surface area (Å²) in [4.78, 5) is 66.0. The third-order valence-corrected chi connectivity index (χ3v) is 9.93. The van der Waals surface area contributed by atoms with Crippen LogP contribution in [0.5, 0.6) is 11.5 Å². The van der Waals surface area contributed by atoms with Crippen LogP contribution in [0.15, 0.2) is 41.8 Å². The number of Topliss-reactive ketones (excluding diaryl/α,β-unsaturated/α-hetero) is 3. The Balaban J connectivity index is 1.88. The summed E-state index contributed by atoms with van der Waals surface area (Å²) in [5, 5.41) is 47.1. The van der Waals surface area contributed by atoms with Gasteiger partial charge in [0.05, 0.1) is 41.3 Å². The number of amides is 1. The van der Waals surface area contributed by atoms with Gasteiger partial charge in [-0.05, 0) is 19.9 Å². The van der Waals surface area contributed by atoms with E-state index in [0.29, 0.717) is 0 Å². The van der Waals surface area contributed by atoms with Gasteiger partial charge in [0.2, 0.25) is 5.78 Å². The summed E-state index contributed by atoms with van der Waals surface area (Å²) < 4.78 is 23.0. The van der Waals surface area contributed by atoms with Crippen molar-refractivity contribution in [3.8, 4) is 11.5 Å². The van der Waals surface area contributed by atoms with Crippen LogP contribution in [0.4, 0.5) is 0 Å². The number of aliphatic hydroxyl groups is 3. The predicted octanol–water partition coefficient (Wildman–Crippen LogP) is 3.36. The third kappa shape index (κ3) is 7.08. The van der Waals surface area contributed by atoms with Crippen molar-refractivity contribution in [1.82, 2.24) is 5.32 Å². The van der Waals surface area contributed by atoms with E-state index in [1.807, 2.05) is 0 Å². The number of phenolic OH excluding ortho intramolecular Hbond substituents is 1. The monoisotopic (exact) mass is 711 g/mol. The van der Waals surface area contributed by atoms with Gasteiger partial charge in [-0.2, -0.15) is 0 Å². The quantitative estimate of drug-likeness (QED) is 0.220. The lowest BCUT2D eigenvalue weighted by Gasteiger charge is -2.38. The number of esters is 1. The zero-order valence-electron chi connectivity index (χ0n) is 30.0. The van der Waals surface area contributed by atoms with Crippen molar-refractivity contribution in [2.45, 2.75) is 85.6 Å². The molecule has 276 valence electrons. The lowest BCUT2D eigenvalue weighted by Crippen LogP contribution is -2.46. The second kappa shape index (κ2) is 14.8. The van der Waals surface area contributed by atoms with E-state index in [1.54, 1.807) is 33.8 Å². The zero-order chi connectivity index (χ0) is 38.3. The maximum Gasteiger partial charge on any atom is 0.312 e. The van der Waals surface area contributed by atoms with Crippen molar-refractivity contribution < 1.29 is 63.3 Å². The smallest absolute Gasteiger partial charge is 0.312 e. The van der Waals surface area contributed by atoms with Gasteiger partial charge in [-0.25, -0.2) is 0 Å². The Labute approximate surface area is 295 Å². The van der Waals surface area contributed by atoms with Crippen LogP contribution >= 0.6 is 0 Å². The topological polar surface area (TPSA) is 215 Å². The van der Waals surface area contributed by atoms with Gasteiger partial charge < -0.3 is 44.7 Å².